The predicted molar refractivity (Wildman–Crippen MR) is 88.3 cm³/mol. The van der Waals surface area contributed by atoms with Gasteiger partial charge in [0.15, 0.2) is 0 Å². The Morgan fingerprint density at radius 3 is 2.10 bits per heavy atom. The molecule has 0 fully saturated rings. The van der Waals surface area contributed by atoms with Crippen molar-refractivity contribution in [2.24, 2.45) is 0 Å². The third-order valence-corrected chi connectivity index (χ3v) is 4.16. The van der Waals surface area contributed by atoms with Gasteiger partial charge in [-0.1, -0.05) is 32.4 Å². The topological polar surface area (TPSA) is 9.23 Å². The fourth-order valence-corrected chi connectivity index (χ4v) is 2.84. The second-order valence-electron chi connectivity index (χ2n) is 5.70. The molecule has 0 saturated carbocycles. The third-order valence-electron chi connectivity index (χ3n) is 2.61. The summed E-state index contributed by atoms with van der Waals surface area (Å²) in [4.78, 5) is 1.25. The molecule has 2 aromatic rings. The van der Waals surface area contributed by atoms with Crippen LogP contribution in [0.4, 0.5) is 0 Å². The van der Waals surface area contributed by atoms with Crippen molar-refractivity contribution in [1.29, 1.82) is 0 Å². The third kappa shape index (κ3) is 4.46. The molecule has 3 heteroatoms. The van der Waals surface area contributed by atoms with E-state index in [0.717, 1.165) is 22.1 Å². The Labute approximate surface area is 130 Å². The van der Waals surface area contributed by atoms with Crippen LogP contribution in [0.5, 0.6) is 11.5 Å². The number of rotatable bonds is 3. The first-order valence-electron chi connectivity index (χ1n) is 6.56. The highest BCUT2D eigenvalue weighted by atomic mass is 35.5. The second-order valence-corrected chi connectivity index (χ2v) is 8.01. The Kier molecular flexibility index (Phi) is 4.66. The molecule has 0 aliphatic heterocycles. The van der Waals surface area contributed by atoms with Crippen LogP contribution >= 0.6 is 23.4 Å². The lowest BCUT2D eigenvalue weighted by Crippen LogP contribution is -2.06. The summed E-state index contributed by atoms with van der Waals surface area (Å²) in [5.74, 6) is 1.65. The van der Waals surface area contributed by atoms with E-state index < -0.39 is 0 Å². The molecule has 0 spiro atoms. The highest BCUT2D eigenvalue weighted by Crippen LogP contribution is 2.33. The Morgan fingerprint density at radius 1 is 0.950 bits per heavy atom. The lowest BCUT2D eigenvalue weighted by molar-refractivity contribution is 0.482. The largest absolute Gasteiger partial charge is 0.457 e. The summed E-state index contributed by atoms with van der Waals surface area (Å²) < 4.78 is 6.05. The van der Waals surface area contributed by atoms with Crippen molar-refractivity contribution in [2.45, 2.75) is 37.3 Å². The molecule has 0 aromatic heterocycles. The summed E-state index contributed by atoms with van der Waals surface area (Å²) in [7, 11) is 0. The zero-order valence-corrected chi connectivity index (χ0v) is 13.8. The van der Waals surface area contributed by atoms with Gasteiger partial charge in [0.25, 0.3) is 0 Å². The first-order valence-corrected chi connectivity index (χ1v) is 7.76. The second kappa shape index (κ2) is 6.11. The maximum absolute atomic E-state index is 6.01. The van der Waals surface area contributed by atoms with Gasteiger partial charge in [-0.05, 0) is 55.0 Å². The number of thioether (sulfide) groups is 1. The van der Waals surface area contributed by atoms with Crippen molar-refractivity contribution in [3.05, 3.63) is 53.1 Å². The van der Waals surface area contributed by atoms with Crippen LogP contribution in [-0.4, -0.2) is 4.75 Å². The molecule has 0 saturated heterocycles. The molecular weight excluding hydrogens is 288 g/mol. The zero-order chi connectivity index (χ0) is 14.8. The quantitative estimate of drug-likeness (QED) is 0.613. The van der Waals surface area contributed by atoms with Crippen LogP contribution in [0.2, 0.25) is 5.02 Å². The van der Waals surface area contributed by atoms with E-state index in [1.807, 2.05) is 49.0 Å². The molecule has 0 unspecified atom stereocenters. The molecule has 0 N–H and O–H groups in total. The lowest BCUT2D eigenvalue weighted by atomic mass is 10.2. The summed E-state index contributed by atoms with van der Waals surface area (Å²) in [5.41, 5.74) is 1.02. The van der Waals surface area contributed by atoms with Gasteiger partial charge in [-0.15, -0.1) is 11.8 Å². The normalized spacial score (nSPS) is 11.4. The van der Waals surface area contributed by atoms with Crippen molar-refractivity contribution in [3.63, 3.8) is 0 Å². The van der Waals surface area contributed by atoms with Gasteiger partial charge in [0.2, 0.25) is 0 Å². The van der Waals surface area contributed by atoms with Crippen LogP contribution in [0.3, 0.4) is 0 Å². The van der Waals surface area contributed by atoms with Crippen molar-refractivity contribution in [1.82, 2.24) is 0 Å². The molecule has 2 rings (SSSR count). The number of halogens is 1. The molecule has 0 radical (unpaired) electrons. The molecule has 2 aromatic carbocycles. The predicted octanol–water partition coefficient (Wildman–Crippen LogP) is 6.33. The maximum atomic E-state index is 6.01. The summed E-state index contributed by atoms with van der Waals surface area (Å²) >= 11 is 7.85. The van der Waals surface area contributed by atoms with E-state index in [2.05, 4.69) is 32.9 Å². The molecule has 106 valence electrons. The van der Waals surface area contributed by atoms with Crippen LogP contribution in [0.25, 0.3) is 0 Å². The number of ether oxygens (including phenoxy) is 1. The molecule has 0 amide bonds. The molecule has 0 bridgehead atoms. The van der Waals surface area contributed by atoms with E-state index in [0.29, 0.717) is 0 Å². The summed E-state index contributed by atoms with van der Waals surface area (Å²) in [6.07, 6.45) is 0. The van der Waals surface area contributed by atoms with E-state index in [4.69, 9.17) is 16.3 Å². The monoisotopic (exact) mass is 306 g/mol. The Morgan fingerprint density at radius 2 is 1.55 bits per heavy atom. The summed E-state index contributed by atoms with van der Waals surface area (Å²) in [6, 6.07) is 13.9. The van der Waals surface area contributed by atoms with E-state index in [1.54, 1.807) is 0 Å². The minimum Gasteiger partial charge on any atom is -0.457 e. The summed E-state index contributed by atoms with van der Waals surface area (Å²) in [5, 5.41) is 0.759. The molecule has 1 nitrogen and oxygen atoms in total. The van der Waals surface area contributed by atoms with Crippen LogP contribution in [0.1, 0.15) is 26.3 Å². The highest BCUT2D eigenvalue weighted by molar-refractivity contribution is 8.00. The Bertz CT molecular complexity index is 585. The van der Waals surface area contributed by atoms with Gasteiger partial charge in [-0.3, -0.25) is 0 Å². The minimum atomic E-state index is 0.218. The van der Waals surface area contributed by atoms with E-state index in [-0.39, 0.29) is 4.75 Å². The molecule has 0 aliphatic carbocycles. The van der Waals surface area contributed by atoms with Crippen LogP contribution < -0.4 is 4.74 Å². The Balaban J connectivity index is 2.08. The molecular formula is C17H19ClOS. The van der Waals surface area contributed by atoms with Crippen molar-refractivity contribution >= 4 is 23.4 Å². The fourth-order valence-electron chi connectivity index (χ4n) is 1.75. The number of hydrogen-bond acceptors (Lipinski definition) is 2. The van der Waals surface area contributed by atoms with Crippen LogP contribution in [0.15, 0.2) is 47.4 Å². The van der Waals surface area contributed by atoms with E-state index in [1.165, 1.54) is 4.90 Å². The Hall–Kier alpha value is -1.12. The van der Waals surface area contributed by atoms with E-state index in [9.17, 15) is 0 Å². The standard InChI is InChI=1S/C17H19ClOS/c1-12-11-14(7-10-16(12)18)19-13-5-8-15(9-6-13)20-17(2,3)4/h5-11H,1-4H3. The van der Waals surface area contributed by atoms with Gasteiger partial charge >= 0.3 is 0 Å². The fraction of sp³-hybridized carbons (Fsp3) is 0.294. The van der Waals surface area contributed by atoms with E-state index >= 15 is 0 Å². The smallest absolute Gasteiger partial charge is 0.127 e. The average Bonchev–Trinajstić information content (AvgIpc) is 2.35. The SMILES string of the molecule is Cc1cc(Oc2ccc(SC(C)(C)C)cc2)ccc1Cl. The maximum Gasteiger partial charge on any atom is 0.127 e. The number of hydrogen-bond donors (Lipinski definition) is 0. The van der Waals surface area contributed by atoms with Gasteiger partial charge in [-0.25, -0.2) is 0 Å². The van der Waals surface area contributed by atoms with Gasteiger partial charge in [-0.2, -0.15) is 0 Å². The summed E-state index contributed by atoms with van der Waals surface area (Å²) in [6.45, 7) is 8.59. The molecule has 20 heavy (non-hydrogen) atoms. The van der Waals surface area contributed by atoms with Gasteiger partial charge in [0.1, 0.15) is 11.5 Å². The molecule has 0 heterocycles. The van der Waals surface area contributed by atoms with Crippen molar-refractivity contribution in [3.8, 4) is 11.5 Å². The van der Waals surface area contributed by atoms with Gasteiger partial charge in [0.05, 0.1) is 0 Å². The van der Waals surface area contributed by atoms with Gasteiger partial charge < -0.3 is 4.74 Å². The lowest BCUT2D eigenvalue weighted by Gasteiger charge is -2.17. The van der Waals surface area contributed by atoms with Crippen LogP contribution in [0, 0.1) is 6.92 Å². The van der Waals surface area contributed by atoms with Crippen LogP contribution in [-0.2, 0) is 0 Å². The molecule has 0 aliphatic rings. The number of benzene rings is 2. The highest BCUT2D eigenvalue weighted by Gasteiger charge is 2.11. The first kappa shape index (κ1) is 15.3. The van der Waals surface area contributed by atoms with Gasteiger partial charge in [0, 0.05) is 14.7 Å². The van der Waals surface area contributed by atoms with Crippen molar-refractivity contribution < 1.29 is 4.74 Å². The zero-order valence-electron chi connectivity index (χ0n) is 12.2. The van der Waals surface area contributed by atoms with Crippen molar-refractivity contribution in [2.75, 3.05) is 0 Å². The minimum absolute atomic E-state index is 0.218. The average molecular weight is 307 g/mol. The molecule has 0 atom stereocenters. The first-order chi connectivity index (χ1) is 9.33. The number of aryl methyl sites for hydroxylation is 1.